The minimum absolute atomic E-state index is 0.123. The molecule has 0 fully saturated rings. The van der Waals surface area contributed by atoms with E-state index < -0.39 is 5.41 Å². The third-order valence-corrected chi connectivity index (χ3v) is 5.33. The van der Waals surface area contributed by atoms with Gasteiger partial charge in [0, 0.05) is 43.2 Å². The van der Waals surface area contributed by atoms with Crippen LogP contribution in [0.2, 0.25) is 0 Å². The molecule has 0 aliphatic carbocycles. The van der Waals surface area contributed by atoms with E-state index in [4.69, 9.17) is 9.84 Å². The molecule has 0 spiro atoms. The van der Waals surface area contributed by atoms with Gasteiger partial charge in [0.05, 0.1) is 16.8 Å². The van der Waals surface area contributed by atoms with Crippen LogP contribution in [-0.4, -0.2) is 32.2 Å². The highest BCUT2D eigenvalue weighted by atomic mass is 16.5. The lowest BCUT2D eigenvalue weighted by Crippen LogP contribution is -2.32. The number of hydrogen-bond donors (Lipinski definition) is 0. The normalized spacial score (nSPS) is 14.4. The molecule has 0 radical (unpaired) electrons. The third-order valence-electron chi connectivity index (χ3n) is 5.33. The molecule has 3 heterocycles. The summed E-state index contributed by atoms with van der Waals surface area (Å²) in [6.07, 6.45) is 4.50. The lowest BCUT2D eigenvalue weighted by atomic mass is 9.98. The van der Waals surface area contributed by atoms with Crippen molar-refractivity contribution < 1.29 is 9.53 Å². The number of rotatable bonds is 5. The molecule has 1 aromatic carbocycles. The van der Waals surface area contributed by atoms with Crippen molar-refractivity contribution in [3.8, 4) is 11.3 Å². The molecule has 0 saturated carbocycles. The van der Waals surface area contributed by atoms with Crippen molar-refractivity contribution in [3.05, 3.63) is 71.7 Å². The van der Waals surface area contributed by atoms with Crippen LogP contribution in [0.5, 0.6) is 0 Å². The second-order valence-electron chi connectivity index (χ2n) is 8.77. The van der Waals surface area contributed by atoms with Gasteiger partial charge in [-0.05, 0) is 44.9 Å². The summed E-state index contributed by atoms with van der Waals surface area (Å²) in [6, 6.07) is 14.4. The quantitative estimate of drug-likeness (QED) is 0.601. The standard InChI is InChI=1S/C24H28N4O2/c1-24(2,3)23(29)30-17-28-21-16-27(15-18-8-5-4-6-9-18)13-11-20(21)22(26-28)19-10-7-12-25-14-19/h4-10,12,14H,11,13,15-17H2,1-3H3. The Kier molecular flexibility index (Phi) is 5.68. The molecule has 3 aromatic rings. The van der Waals surface area contributed by atoms with Gasteiger partial charge in [-0.1, -0.05) is 30.3 Å². The van der Waals surface area contributed by atoms with E-state index in [1.807, 2.05) is 49.8 Å². The van der Waals surface area contributed by atoms with Gasteiger partial charge in [0.1, 0.15) is 0 Å². The second kappa shape index (κ2) is 8.40. The zero-order chi connectivity index (χ0) is 21.1. The largest absolute Gasteiger partial charge is 0.442 e. The summed E-state index contributed by atoms with van der Waals surface area (Å²) in [7, 11) is 0. The van der Waals surface area contributed by atoms with E-state index in [0.29, 0.717) is 0 Å². The number of benzene rings is 1. The van der Waals surface area contributed by atoms with Gasteiger partial charge in [-0.2, -0.15) is 5.10 Å². The van der Waals surface area contributed by atoms with Crippen LogP contribution in [0.25, 0.3) is 11.3 Å². The average molecular weight is 405 g/mol. The maximum Gasteiger partial charge on any atom is 0.313 e. The summed E-state index contributed by atoms with van der Waals surface area (Å²) in [4.78, 5) is 19.0. The number of esters is 1. The maximum atomic E-state index is 12.3. The molecular weight excluding hydrogens is 376 g/mol. The van der Waals surface area contributed by atoms with E-state index in [1.165, 1.54) is 11.1 Å². The van der Waals surface area contributed by atoms with Crippen LogP contribution < -0.4 is 0 Å². The van der Waals surface area contributed by atoms with E-state index in [1.54, 1.807) is 6.20 Å². The molecule has 6 nitrogen and oxygen atoms in total. The minimum Gasteiger partial charge on any atom is -0.442 e. The Labute approximate surface area is 177 Å². The number of hydrogen-bond acceptors (Lipinski definition) is 5. The molecule has 156 valence electrons. The topological polar surface area (TPSA) is 60.3 Å². The van der Waals surface area contributed by atoms with Crippen molar-refractivity contribution in [2.75, 3.05) is 6.54 Å². The van der Waals surface area contributed by atoms with Crippen LogP contribution in [0.1, 0.15) is 37.6 Å². The average Bonchev–Trinajstić information content (AvgIpc) is 3.10. The fourth-order valence-corrected chi connectivity index (χ4v) is 3.69. The fraction of sp³-hybridized carbons (Fsp3) is 0.375. The Morgan fingerprint density at radius 2 is 1.93 bits per heavy atom. The van der Waals surface area contributed by atoms with Crippen LogP contribution in [0.3, 0.4) is 0 Å². The number of nitrogens with zero attached hydrogens (tertiary/aromatic N) is 4. The van der Waals surface area contributed by atoms with Crippen molar-refractivity contribution in [1.29, 1.82) is 0 Å². The third kappa shape index (κ3) is 4.44. The maximum absolute atomic E-state index is 12.3. The minimum atomic E-state index is -0.543. The first-order valence-electron chi connectivity index (χ1n) is 10.3. The first-order valence-corrected chi connectivity index (χ1v) is 10.3. The van der Waals surface area contributed by atoms with Crippen LogP contribution in [0.4, 0.5) is 0 Å². The lowest BCUT2D eigenvalue weighted by molar-refractivity contribution is -0.157. The Hall–Kier alpha value is -2.99. The predicted molar refractivity (Wildman–Crippen MR) is 115 cm³/mol. The summed E-state index contributed by atoms with van der Waals surface area (Å²) < 4.78 is 7.43. The van der Waals surface area contributed by atoms with Gasteiger partial charge >= 0.3 is 5.97 Å². The second-order valence-corrected chi connectivity index (χ2v) is 8.77. The van der Waals surface area contributed by atoms with Gasteiger partial charge in [-0.25, -0.2) is 4.68 Å². The zero-order valence-electron chi connectivity index (χ0n) is 17.8. The highest BCUT2D eigenvalue weighted by molar-refractivity contribution is 5.75. The Balaban J connectivity index is 1.61. The van der Waals surface area contributed by atoms with Crippen LogP contribution in [0.15, 0.2) is 54.9 Å². The van der Waals surface area contributed by atoms with Gasteiger partial charge in [0.25, 0.3) is 0 Å². The molecule has 4 rings (SSSR count). The molecule has 0 atom stereocenters. The van der Waals surface area contributed by atoms with Gasteiger partial charge in [-0.3, -0.25) is 14.7 Å². The van der Waals surface area contributed by atoms with E-state index in [0.717, 1.165) is 43.0 Å². The monoisotopic (exact) mass is 404 g/mol. The van der Waals surface area contributed by atoms with Gasteiger partial charge in [-0.15, -0.1) is 0 Å². The summed E-state index contributed by atoms with van der Waals surface area (Å²) in [5.41, 5.74) is 5.00. The number of pyridine rings is 1. The molecule has 30 heavy (non-hydrogen) atoms. The van der Waals surface area contributed by atoms with Crippen molar-refractivity contribution in [3.63, 3.8) is 0 Å². The Morgan fingerprint density at radius 1 is 1.13 bits per heavy atom. The van der Waals surface area contributed by atoms with Crippen LogP contribution in [0, 0.1) is 5.41 Å². The van der Waals surface area contributed by atoms with Crippen LogP contribution in [-0.2, 0) is 35.8 Å². The van der Waals surface area contributed by atoms with Crippen molar-refractivity contribution in [2.45, 2.75) is 47.0 Å². The first kappa shape index (κ1) is 20.3. The molecular formula is C24H28N4O2. The number of carbonyl (C=O) groups is 1. The molecule has 0 bridgehead atoms. The number of carbonyl (C=O) groups excluding carboxylic acids is 1. The predicted octanol–water partition coefficient (Wildman–Crippen LogP) is 4.05. The molecule has 0 N–H and O–H groups in total. The highest BCUT2D eigenvalue weighted by Crippen LogP contribution is 2.30. The van der Waals surface area contributed by atoms with E-state index in [2.05, 4.69) is 34.1 Å². The van der Waals surface area contributed by atoms with Gasteiger partial charge in [0.2, 0.25) is 0 Å². The summed E-state index contributed by atoms with van der Waals surface area (Å²) in [5.74, 6) is -0.230. The summed E-state index contributed by atoms with van der Waals surface area (Å²) in [5, 5.41) is 4.83. The number of fused-ring (bicyclic) bond motifs is 1. The molecule has 1 aliphatic heterocycles. The summed E-state index contributed by atoms with van der Waals surface area (Å²) >= 11 is 0. The molecule has 0 saturated heterocycles. The first-order chi connectivity index (χ1) is 14.4. The van der Waals surface area contributed by atoms with Crippen molar-refractivity contribution in [2.24, 2.45) is 5.41 Å². The number of aromatic nitrogens is 3. The zero-order valence-corrected chi connectivity index (χ0v) is 17.8. The smallest absolute Gasteiger partial charge is 0.313 e. The van der Waals surface area contributed by atoms with E-state index in [9.17, 15) is 4.79 Å². The molecule has 1 aliphatic rings. The van der Waals surface area contributed by atoms with E-state index in [-0.39, 0.29) is 12.7 Å². The number of ether oxygens (including phenoxy) is 1. The molecule has 6 heteroatoms. The molecule has 0 amide bonds. The SMILES string of the molecule is CC(C)(C)C(=O)OCn1nc(-c2cccnc2)c2c1CN(Cc1ccccc1)CC2. The summed E-state index contributed by atoms with van der Waals surface area (Å²) in [6.45, 7) is 8.31. The molecule has 0 unspecified atom stereocenters. The Bertz CT molecular complexity index is 1010. The Morgan fingerprint density at radius 3 is 2.63 bits per heavy atom. The van der Waals surface area contributed by atoms with E-state index >= 15 is 0 Å². The van der Waals surface area contributed by atoms with Crippen molar-refractivity contribution >= 4 is 5.97 Å². The fourth-order valence-electron chi connectivity index (χ4n) is 3.69. The highest BCUT2D eigenvalue weighted by Gasteiger charge is 2.28. The van der Waals surface area contributed by atoms with Gasteiger partial charge < -0.3 is 4.74 Å². The lowest BCUT2D eigenvalue weighted by Gasteiger charge is -2.28. The van der Waals surface area contributed by atoms with Crippen LogP contribution >= 0.6 is 0 Å². The van der Waals surface area contributed by atoms with Crippen molar-refractivity contribution in [1.82, 2.24) is 19.7 Å². The molecule has 2 aromatic heterocycles. The van der Waals surface area contributed by atoms with Gasteiger partial charge in [0.15, 0.2) is 6.73 Å².